The highest BCUT2D eigenvalue weighted by molar-refractivity contribution is 5.77. The van der Waals surface area contributed by atoms with Gasteiger partial charge in [0.05, 0.1) is 5.69 Å². The van der Waals surface area contributed by atoms with E-state index in [2.05, 4.69) is 139 Å². The zero-order valence-electron chi connectivity index (χ0n) is 21.1. The van der Waals surface area contributed by atoms with E-state index in [4.69, 9.17) is 4.98 Å². The minimum atomic E-state index is 0.901. The minimum Gasteiger partial charge on any atom is -0.248 e. The third-order valence-electron chi connectivity index (χ3n) is 7.06. The van der Waals surface area contributed by atoms with Crippen LogP contribution in [0.3, 0.4) is 0 Å². The largest absolute Gasteiger partial charge is 0.360 e. The molecule has 36 heavy (non-hydrogen) atoms. The average Bonchev–Trinajstić information content (AvgIpc) is 3.38. The molecule has 4 heteroatoms. The van der Waals surface area contributed by atoms with E-state index in [1.807, 2.05) is 6.07 Å². The summed E-state index contributed by atoms with van der Waals surface area (Å²) in [7, 11) is 2.10. The van der Waals surface area contributed by atoms with E-state index in [0.29, 0.717) is 0 Å². The second-order valence-electron chi connectivity index (χ2n) is 9.36. The average molecular weight is 470 g/mol. The summed E-state index contributed by atoms with van der Waals surface area (Å²) >= 11 is 0. The minimum absolute atomic E-state index is 0.901. The molecule has 176 valence electrons. The fourth-order valence-corrected chi connectivity index (χ4v) is 5.36. The smallest absolute Gasteiger partial charge is 0.248 e. The Bertz CT molecular complexity index is 1690. The van der Waals surface area contributed by atoms with Gasteiger partial charge in [0.15, 0.2) is 5.52 Å². The van der Waals surface area contributed by atoms with Gasteiger partial charge in [0.1, 0.15) is 16.9 Å². The Morgan fingerprint density at radius 2 is 1.28 bits per heavy atom. The summed E-state index contributed by atoms with van der Waals surface area (Å²) in [4.78, 5) is 5.14. The lowest BCUT2D eigenvalue weighted by atomic mass is 10.0. The lowest BCUT2D eigenvalue weighted by Crippen LogP contribution is -2.38. The summed E-state index contributed by atoms with van der Waals surface area (Å²) in [5.41, 5.74) is 10.4. The van der Waals surface area contributed by atoms with Crippen molar-refractivity contribution in [2.75, 3.05) is 0 Å². The van der Waals surface area contributed by atoms with Gasteiger partial charge in [0.2, 0.25) is 5.82 Å². The highest BCUT2D eigenvalue weighted by Gasteiger charge is 2.33. The maximum Gasteiger partial charge on any atom is 0.360 e. The Balaban J connectivity index is 1.84. The Morgan fingerprint density at radius 1 is 0.667 bits per heavy atom. The lowest BCUT2D eigenvalue weighted by molar-refractivity contribution is -0.598. The van der Waals surface area contributed by atoms with Crippen LogP contribution in [-0.2, 0) is 7.05 Å². The first-order valence-electron chi connectivity index (χ1n) is 12.3. The predicted molar refractivity (Wildman–Crippen MR) is 147 cm³/mol. The van der Waals surface area contributed by atoms with Crippen molar-refractivity contribution in [1.82, 2.24) is 14.1 Å². The van der Waals surface area contributed by atoms with Crippen molar-refractivity contribution >= 4 is 11.0 Å². The molecule has 0 aliphatic rings. The standard InChI is InChI=1S/C32H29N4/c1-22-14-13-15-23(2)29(22)31-35(32-33-27-20-11-12-21-28(27)34(32)4)24(3)30(25-16-7-5-8-17-25)36(31)26-18-9-6-10-19-26/h5-21H,1-4H3/q+1. The number of hydrogen-bond donors (Lipinski definition) is 0. The highest BCUT2D eigenvalue weighted by atomic mass is 15.3. The van der Waals surface area contributed by atoms with Crippen LogP contribution in [0, 0.1) is 20.8 Å². The molecule has 4 nitrogen and oxygen atoms in total. The van der Waals surface area contributed by atoms with Gasteiger partial charge in [0, 0.05) is 18.2 Å². The van der Waals surface area contributed by atoms with Gasteiger partial charge < -0.3 is 0 Å². The molecule has 6 rings (SSSR count). The van der Waals surface area contributed by atoms with Gasteiger partial charge >= 0.3 is 5.95 Å². The molecule has 0 spiro atoms. The van der Waals surface area contributed by atoms with Crippen molar-refractivity contribution in [3.8, 4) is 34.3 Å². The van der Waals surface area contributed by atoms with Crippen LogP contribution in [0.25, 0.3) is 45.3 Å². The summed E-state index contributed by atoms with van der Waals surface area (Å²) in [5.74, 6) is 2.00. The molecule has 0 N–H and O–H groups in total. The van der Waals surface area contributed by atoms with Crippen LogP contribution >= 0.6 is 0 Å². The molecule has 4 aromatic carbocycles. The third-order valence-corrected chi connectivity index (χ3v) is 7.06. The van der Waals surface area contributed by atoms with E-state index < -0.39 is 0 Å². The number of hydrogen-bond acceptors (Lipinski definition) is 1. The summed E-state index contributed by atoms with van der Waals surface area (Å²) in [5, 5.41) is 0. The fourth-order valence-electron chi connectivity index (χ4n) is 5.36. The quantitative estimate of drug-likeness (QED) is 0.258. The zero-order valence-corrected chi connectivity index (χ0v) is 21.1. The van der Waals surface area contributed by atoms with Crippen LogP contribution < -0.4 is 4.57 Å². The summed E-state index contributed by atoms with van der Waals surface area (Å²) in [6.07, 6.45) is 0. The molecule has 0 fully saturated rings. The molecule has 0 aliphatic heterocycles. The Morgan fingerprint density at radius 3 is 1.94 bits per heavy atom. The monoisotopic (exact) mass is 469 g/mol. The van der Waals surface area contributed by atoms with Crippen molar-refractivity contribution in [2.45, 2.75) is 20.8 Å². The fraction of sp³-hybridized carbons (Fsp3) is 0.125. The molecule has 2 heterocycles. The van der Waals surface area contributed by atoms with E-state index in [1.54, 1.807) is 0 Å². The van der Waals surface area contributed by atoms with E-state index in [1.165, 1.54) is 22.3 Å². The first-order chi connectivity index (χ1) is 17.6. The number of aryl methyl sites for hydroxylation is 3. The van der Waals surface area contributed by atoms with Crippen LogP contribution in [0.1, 0.15) is 16.8 Å². The van der Waals surface area contributed by atoms with Crippen molar-refractivity contribution in [2.24, 2.45) is 7.05 Å². The van der Waals surface area contributed by atoms with Crippen LogP contribution in [0.15, 0.2) is 103 Å². The molecule has 0 saturated carbocycles. The van der Waals surface area contributed by atoms with Crippen molar-refractivity contribution in [3.63, 3.8) is 0 Å². The van der Waals surface area contributed by atoms with Crippen LogP contribution in [0.2, 0.25) is 0 Å². The molecule has 0 unspecified atom stereocenters. The first kappa shape index (κ1) is 22.1. The number of para-hydroxylation sites is 3. The summed E-state index contributed by atoms with van der Waals surface area (Å²) < 4.78 is 6.94. The Kier molecular flexibility index (Phi) is 5.30. The SMILES string of the molecule is Cc1cccc(C)c1-c1n(-c2ccccc2)c(-c2ccccc2)c(C)[n+]1-c1nc2ccccc2n1C. The number of nitrogens with zero attached hydrogens (tertiary/aromatic N) is 4. The maximum atomic E-state index is 5.14. The molecule has 0 saturated heterocycles. The number of aromatic nitrogens is 4. The van der Waals surface area contributed by atoms with Gasteiger partial charge in [0.25, 0.3) is 0 Å². The van der Waals surface area contributed by atoms with Gasteiger partial charge in [-0.3, -0.25) is 0 Å². The summed E-state index contributed by atoms with van der Waals surface area (Å²) in [6, 6.07) is 36.2. The van der Waals surface area contributed by atoms with Crippen molar-refractivity contribution in [1.29, 1.82) is 0 Å². The van der Waals surface area contributed by atoms with Crippen molar-refractivity contribution < 1.29 is 4.57 Å². The molecule has 0 aliphatic carbocycles. The highest BCUT2D eigenvalue weighted by Crippen LogP contribution is 2.36. The third kappa shape index (κ3) is 3.37. The van der Waals surface area contributed by atoms with Crippen LogP contribution in [-0.4, -0.2) is 14.1 Å². The topological polar surface area (TPSA) is 26.6 Å². The number of rotatable bonds is 4. The van der Waals surface area contributed by atoms with E-state index in [9.17, 15) is 0 Å². The van der Waals surface area contributed by atoms with E-state index in [0.717, 1.165) is 39.9 Å². The lowest BCUT2D eigenvalue weighted by Gasteiger charge is -2.14. The predicted octanol–water partition coefficient (Wildman–Crippen LogP) is 6.90. The number of imidazole rings is 2. The van der Waals surface area contributed by atoms with Gasteiger partial charge in [-0.15, -0.1) is 4.98 Å². The zero-order chi connectivity index (χ0) is 24.8. The molecule has 0 bridgehead atoms. The molecular formula is C32H29N4+. The second-order valence-corrected chi connectivity index (χ2v) is 9.36. The molecule has 6 aromatic rings. The summed E-state index contributed by atoms with van der Waals surface area (Å²) in [6.45, 7) is 6.60. The van der Waals surface area contributed by atoms with E-state index in [-0.39, 0.29) is 0 Å². The molecule has 0 amide bonds. The second kappa shape index (κ2) is 8.65. The van der Waals surface area contributed by atoms with Gasteiger partial charge in [-0.2, -0.15) is 4.57 Å². The van der Waals surface area contributed by atoms with Gasteiger partial charge in [-0.1, -0.05) is 78.9 Å². The van der Waals surface area contributed by atoms with Gasteiger partial charge in [-0.05, 0) is 56.2 Å². The molecular weight excluding hydrogens is 440 g/mol. The number of benzene rings is 4. The first-order valence-corrected chi connectivity index (χ1v) is 12.3. The molecule has 0 atom stereocenters. The Hall–Kier alpha value is -4.44. The van der Waals surface area contributed by atoms with Crippen molar-refractivity contribution in [3.05, 3.63) is 120 Å². The Labute approximate surface area is 211 Å². The normalized spacial score (nSPS) is 11.3. The molecule has 0 radical (unpaired) electrons. The number of fused-ring (bicyclic) bond motifs is 1. The van der Waals surface area contributed by atoms with E-state index >= 15 is 0 Å². The van der Waals surface area contributed by atoms with Gasteiger partial charge in [-0.25, -0.2) is 9.13 Å². The van der Waals surface area contributed by atoms with Crippen LogP contribution in [0.5, 0.6) is 0 Å². The molecule has 2 aromatic heterocycles. The van der Waals surface area contributed by atoms with Crippen LogP contribution in [0.4, 0.5) is 0 Å². The maximum absolute atomic E-state index is 5.14.